The number of aromatic amines is 1. The number of carboxylic acid groups (broad SMARTS) is 1. The Labute approximate surface area is 268 Å². The number of hydrogen-bond donors (Lipinski definition) is 3. The Bertz CT molecular complexity index is 1670. The van der Waals surface area contributed by atoms with Crippen molar-refractivity contribution in [2.75, 3.05) is 0 Å². The lowest BCUT2D eigenvalue weighted by Crippen LogP contribution is -2.41. The summed E-state index contributed by atoms with van der Waals surface area (Å²) in [5, 5.41) is 31.1. The van der Waals surface area contributed by atoms with Crippen molar-refractivity contribution in [1.29, 1.82) is 0 Å². The van der Waals surface area contributed by atoms with Crippen molar-refractivity contribution < 1.29 is 83.7 Å². The topological polar surface area (TPSA) is 159 Å². The van der Waals surface area contributed by atoms with Crippen LogP contribution in [0.15, 0.2) is 71.9 Å². The summed E-state index contributed by atoms with van der Waals surface area (Å²) in [5.41, 5.74) is 0.408. The highest BCUT2D eigenvalue weighted by atomic mass is 19.4. The summed E-state index contributed by atoms with van der Waals surface area (Å²) in [7, 11) is 0. The van der Waals surface area contributed by atoms with Crippen LogP contribution in [-0.4, -0.2) is 52.8 Å². The number of ether oxygens (including phenoxy) is 2. The molecule has 0 spiro atoms. The maximum absolute atomic E-state index is 13.4. The molecule has 19 heteroatoms. The highest BCUT2D eigenvalue weighted by Crippen LogP contribution is 2.36. The Morgan fingerprint density at radius 2 is 1.24 bits per heavy atom. The van der Waals surface area contributed by atoms with Gasteiger partial charge in [0, 0.05) is 29.3 Å². The van der Waals surface area contributed by atoms with Gasteiger partial charge in [0.1, 0.15) is 5.97 Å². The molecular formula is C30H21F9N2O8. The number of aromatic hydroxyl groups is 2. The molecular weight excluding hydrogens is 687 g/mol. The number of H-pyrrole nitrogens is 1. The third-order valence-electron chi connectivity index (χ3n) is 6.14. The van der Waals surface area contributed by atoms with Crippen molar-refractivity contribution in [2.45, 2.75) is 37.8 Å². The van der Waals surface area contributed by atoms with E-state index in [9.17, 15) is 59.3 Å². The number of amides is 1. The van der Waals surface area contributed by atoms with Crippen molar-refractivity contribution in [3.8, 4) is 23.0 Å². The van der Waals surface area contributed by atoms with Gasteiger partial charge in [-0.3, -0.25) is 9.59 Å². The Hall–Kier alpha value is -5.75. The van der Waals surface area contributed by atoms with Crippen LogP contribution in [0.25, 0.3) is 12.2 Å². The molecule has 1 aliphatic carbocycles. The number of carboxylic acids is 1. The van der Waals surface area contributed by atoms with Gasteiger partial charge in [-0.05, 0) is 66.5 Å². The molecule has 3 aromatic rings. The van der Waals surface area contributed by atoms with Crippen molar-refractivity contribution in [1.82, 2.24) is 5.32 Å². The SMILES string of the molecule is O=C([O-])C(F)(F)F.O=C1/C(=C/c2ccc(O)c(OC(F)(F)F)c2)CC(NC(=O)c2cccc[nH+]2)C/C1=C\c1ccc(O)c(OC(F)(F)F)c1. The zero-order valence-corrected chi connectivity index (χ0v) is 24.2. The minimum atomic E-state index is -5.19. The normalized spacial score (nSPS) is 16.8. The zero-order chi connectivity index (χ0) is 36.7. The summed E-state index contributed by atoms with van der Waals surface area (Å²) in [5.74, 6) is -7.51. The summed E-state index contributed by atoms with van der Waals surface area (Å²) in [4.78, 5) is 37.8. The first-order valence-electron chi connectivity index (χ1n) is 13.3. The van der Waals surface area contributed by atoms with Crippen molar-refractivity contribution in [3.63, 3.8) is 0 Å². The van der Waals surface area contributed by atoms with Gasteiger partial charge in [-0.1, -0.05) is 12.1 Å². The van der Waals surface area contributed by atoms with E-state index < -0.39 is 65.6 Å². The number of carbonyl (C=O) groups excluding carboxylic acids is 3. The maximum Gasteiger partial charge on any atom is 0.573 e. The number of carbonyl (C=O) groups is 3. The Morgan fingerprint density at radius 3 is 1.61 bits per heavy atom. The second kappa shape index (κ2) is 15.0. The monoisotopic (exact) mass is 708 g/mol. The van der Waals surface area contributed by atoms with Crippen LogP contribution in [-0.2, 0) is 9.59 Å². The van der Waals surface area contributed by atoms with Crippen LogP contribution >= 0.6 is 0 Å². The third kappa shape index (κ3) is 11.8. The molecule has 49 heavy (non-hydrogen) atoms. The van der Waals surface area contributed by atoms with Gasteiger partial charge < -0.3 is 34.9 Å². The summed E-state index contributed by atoms with van der Waals surface area (Å²) in [6.07, 6.45) is -11.5. The largest absolute Gasteiger partial charge is 0.573 e. The van der Waals surface area contributed by atoms with E-state index in [1.54, 1.807) is 12.1 Å². The van der Waals surface area contributed by atoms with E-state index in [0.717, 1.165) is 24.3 Å². The van der Waals surface area contributed by atoms with Gasteiger partial charge in [0.25, 0.3) is 5.69 Å². The number of alkyl halides is 9. The van der Waals surface area contributed by atoms with Gasteiger partial charge in [-0.2, -0.15) is 13.2 Å². The molecule has 1 heterocycles. The molecule has 262 valence electrons. The highest BCUT2D eigenvalue weighted by Gasteiger charge is 2.34. The Kier molecular flexibility index (Phi) is 11.5. The van der Waals surface area contributed by atoms with Crippen LogP contribution in [0.4, 0.5) is 39.5 Å². The van der Waals surface area contributed by atoms with Gasteiger partial charge in [0.15, 0.2) is 35.0 Å². The lowest BCUT2D eigenvalue weighted by atomic mass is 9.83. The average molecular weight is 708 g/mol. The van der Waals surface area contributed by atoms with Crippen LogP contribution in [0.5, 0.6) is 23.0 Å². The molecule has 1 aliphatic rings. The lowest BCUT2D eigenvalue weighted by Gasteiger charge is -2.26. The molecule has 0 atom stereocenters. The predicted octanol–water partition coefficient (Wildman–Crippen LogP) is 4.64. The third-order valence-corrected chi connectivity index (χ3v) is 6.14. The quantitative estimate of drug-likeness (QED) is 0.247. The molecule has 0 saturated heterocycles. The first kappa shape index (κ1) is 37.7. The molecule has 4 rings (SSSR count). The minimum Gasteiger partial charge on any atom is -0.542 e. The molecule has 1 aromatic heterocycles. The predicted molar refractivity (Wildman–Crippen MR) is 145 cm³/mol. The van der Waals surface area contributed by atoms with E-state index in [1.165, 1.54) is 36.5 Å². The number of halogens is 9. The van der Waals surface area contributed by atoms with E-state index in [1.807, 2.05) is 0 Å². The fourth-order valence-electron chi connectivity index (χ4n) is 4.20. The molecule has 0 radical (unpaired) electrons. The van der Waals surface area contributed by atoms with Crippen LogP contribution in [0, 0.1) is 0 Å². The Morgan fingerprint density at radius 1 is 0.796 bits per heavy atom. The van der Waals surface area contributed by atoms with E-state index in [0.29, 0.717) is 0 Å². The fourth-order valence-corrected chi connectivity index (χ4v) is 4.20. The van der Waals surface area contributed by atoms with Gasteiger partial charge in [0.2, 0.25) is 0 Å². The number of rotatable bonds is 6. The lowest BCUT2D eigenvalue weighted by molar-refractivity contribution is -0.382. The zero-order valence-electron chi connectivity index (χ0n) is 24.2. The van der Waals surface area contributed by atoms with E-state index in [2.05, 4.69) is 19.8 Å². The highest BCUT2D eigenvalue weighted by molar-refractivity contribution is 6.14. The number of phenolic OH excluding ortho intramolecular Hbond substituents is 2. The van der Waals surface area contributed by atoms with Crippen LogP contribution in [0.2, 0.25) is 0 Å². The number of aromatic nitrogens is 1. The molecule has 1 amide bonds. The summed E-state index contributed by atoms with van der Waals surface area (Å²) >= 11 is 0. The molecule has 2 aromatic carbocycles. The molecule has 1 fully saturated rings. The second-order valence-corrected chi connectivity index (χ2v) is 9.86. The number of hydrogen-bond acceptors (Lipinski definition) is 8. The molecule has 4 N–H and O–H groups in total. The summed E-state index contributed by atoms with van der Waals surface area (Å²) < 4.78 is 116. The number of Topliss-reactive ketones (excluding diaryl/α,β-unsaturated/α-hetero) is 1. The van der Waals surface area contributed by atoms with Crippen LogP contribution in [0.3, 0.4) is 0 Å². The summed E-state index contributed by atoms with van der Waals surface area (Å²) in [6.45, 7) is 0. The van der Waals surface area contributed by atoms with Gasteiger partial charge in [-0.25, -0.2) is 4.98 Å². The molecule has 0 aliphatic heterocycles. The van der Waals surface area contributed by atoms with Crippen molar-refractivity contribution in [3.05, 3.63) is 88.8 Å². The smallest absolute Gasteiger partial charge is 0.542 e. The van der Waals surface area contributed by atoms with Crippen LogP contribution in [0.1, 0.15) is 34.5 Å². The number of nitrogens with one attached hydrogen (secondary N) is 2. The minimum absolute atomic E-state index is 0.0454. The van der Waals surface area contributed by atoms with Gasteiger partial charge in [-0.15, -0.1) is 26.3 Å². The van der Waals surface area contributed by atoms with Gasteiger partial charge in [0.05, 0.1) is 0 Å². The number of pyridine rings is 1. The van der Waals surface area contributed by atoms with Crippen LogP contribution < -0.4 is 24.9 Å². The van der Waals surface area contributed by atoms with Gasteiger partial charge >= 0.3 is 24.8 Å². The van der Waals surface area contributed by atoms with E-state index in [4.69, 9.17) is 9.90 Å². The van der Waals surface area contributed by atoms with E-state index >= 15 is 0 Å². The molecule has 10 nitrogen and oxygen atoms in total. The average Bonchev–Trinajstić information content (AvgIpc) is 2.97. The molecule has 0 bridgehead atoms. The number of ketones is 1. The maximum atomic E-state index is 13.4. The standard InChI is InChI=1S/C28H20F6N2O6.C2HF3O2/c29-27(30,31)41-23-11-15(4-6-21(23)37)9-17-13-19(36-26(40)20-3-1-2-8-35-20)14-18(25(17)39)10-16-5-7-22(38)24(12-16)42-28(32,33)34;3-2(4,5)1(6)7/h1-12,19,37-38H,13-14H2,(H,36,40);(H,6,7)/b17-9+,18-10+;. The van der Waals surface area contributed by atoms with Crippen molar-refractivity contribution in [2.24, 2.45) is 0 Å². The number of benzene rings is 2. The number of aliphatic carboxylic acids is 1. The number of phenols is 2. The van der Waals surface area contributed by atoms with Crippen molar-refractivity contribution >= 4 is 29.8 Å². The summed E-state index contributed by atoms with van der Waals surface area (Å²) in [6, 6.07) is 10.2. The first-order valence-corrected chi connectivity index (χ1v) is 13.3. The molecule has 0 unspecified atom stereocenters. The fraction of sp³-hybridized carbons (Fsp3) is 0.200. The first-order chi connectivity index (χ1) is 22.6. The Balaban J connectivity index is 0.000000838. The second-order valence-electron chi connectivity index (χ2n) is 9.86. The molecule has 1 saturated carbocycles. The van der Waals surface area contributed by atoms with E-state index in [-0.39, 0.29) is 40.8 Å².